The van der Waals surface area contributed by atoms with Crippen LogP contribution in [-0.4, -0.2) is 30.6 Å². The molecule has 0 unspecified atom stereocenters. The zero-order chi connectivity index (χ0) is 22.7. The molecular weight excluding hydrogens is 518 g/mol. The van der Waals surface area contributed by atoms with Crippen LogP contribution >= 0.6 is 22.6 Å². The number of pyridine rings is 1. The fourth-order valence-corrected chi connectivity index (χ4v) is 4.13. The summed E-state index contributed by atoms with van der Waals surface area (Å²) < 4.78 is 22.5. The minimum Gasteiger partial charge on any atom is -0.478 e. The van der Waals surface area contributed by atoms with Gasteiger partial charge in [-0.3, -0.25) is 9.36 Å². The van der Waals surface area contributed by atoms with Crippen LogP contribution in [0.1, 0.15) is 37.6 Å². The maximum absolute atomic E-state index is 14.3. The Labute approximate surface area is 190 Å². The lowest BCUT2D eigenvalue weighted by Gasteiger charge is -2.36. The second-order valence-corrected chi connectivity index (χ2v) is 14.7. The molecule has 6 nitrogen and oxygen atoms in total. The fourth-order valence-electron chi connectivity index (χ4n) is 2.59. The third-order valence-corrected chi connectivity index (χ3v) is 10.6. The molecule has 0 aliphatic carbocycles. The second-order valence-electron chi connectivity index (χ2n) is 8.60. The summed E-state index contributed by atoms with van der Waals surface area (Å²) in [6, 6.07) is 7.01. The molecule has 2 rings (SSSR count). The highest BCUT2D eigenvalue weighted by Gasteiger charge is 2.36. The van der Waals surface area contributed by atoms with Crippen LogP contribution in [0.2, 0.25) is 18.1 Å². The van der Waals surface area contributed by atoms with Crippen molar-refractivity contribution in [2.45, 2.75) is 51.9 Å². The molecule has 1 heterocycles. The van der Waals surface area contributed by atoms with Crippen LogP contribution in [0.5, 0.6) is 0 Å². The van der Waals surface area contributed by atoms with E-state index in [1.54, 1.807) is 6.07 Å². The van der Waals surface area contributed by atoms with Gasteiger partial charge >= 0.3 is 5.97 Å². The third kappa shape index (κ3) is 5.91. The highest BCUT2D eigenvalue weighted by molar-refractivity contribution is 14.1. The number of nitrogens with one attached hydrogen (secondary N) is 1. The maximum atomic E-state index is 14.3. The van der Waals surface area contributed by atoms with Gasteiger partial charge < -0.3 is 14.8 Å². The number of rotatable bonds is 8. The van der Waals surface area contributed by atoms with Crippen molar-refractivity contribution in [1.29, 1.82) is 0 Å². The van der Waals surface area contributed by atoms with Gasteiger partial charge in [0.1, 0.15) is 17.2 Å². The average molecular weight is 546 g/mol. The van der Waals surface area contributed by atoms with Gasteiger partial charge in [0.15, 0.2) is 8.32 Å². The molecule has 0 fully saturated rings. The average Bonchev–Trinajstić information content (AvgIpc) is 2.61. The summed E-state index contributed by atoms with van der Waals surface area (Å²) in [5.74, 6) is -1.67. The van der Waals surface area contributed by atoms with Crippen LogP contribution in [0.3, 0.4) is 0 Å². The number of nitrogens with zero attached hydrogens (tertiary/aromatic N) is 1. The molecule has 9 heteroatoms. The molecule has 1 aromatic heterocycles. The maximum Gasteiger partial charge on any atom is 0.339 e. The number of aromatic carboxylic acids is 1. The topological polar surface area (TPSA) is 80.6 Å². The SMILES string of the molecule is CC(C)(C)[Si](C)(C)OCCCn1c(Nc2ccc(I)cc2F)c(C(=O)O)ccc1=O. The second kappa shape index (κ2) is 9.61. The van der Waals surface area contributed by atoms with Crippen LogP contribution in [0, 0.1) is 9.39 Å². The zero-order valence-corrected chi connectivity index (χ0v) is 21.0. The molecule has 164 valence electrons. The van der Waals surface area contributed by atoms with Gasteiger partial charge in [-0.1, -0.05) is 20.8 Å². The molecule has 0 aliphatic heterocycles. The number of carbonyl (C=O) groups is 1. The summed E-state index contributed by atoms with van der Waals surface area (Å²) in [4.78, 5) is 24.2. The number of carboxylic acids is 1. The van der Waals surface area contributed by atoms with Gasteiger partial charge in [0.2, 0.25) is 0 Å². The van der Waals surface area contributed by atoms with Gasteiger partial charge in [0.25, 0.3) is 5.56 Å². The van der Waals surface area contributed by atoms with Crippen molar-refractivity contribution in [3.63, 3.8) is 0 Å². The molecule has 30 heavy (non-hydrogen) atoms. The lowest BCUT2D eigenvalue weighted by molar-refractivity contribution is 0.0697. The molecule has 1 aromatic carbocycles. The Kier molecular flexibility index (Phi) is 7.86. The molecule has 0 spiro atoms. The quantitative estimate of drug-likeness (QED) is 0.262. The summed E-state index contributed by atoms with van der Waals surface area (Å²) in [7, 11) is -1.92. The van der Waals surface area contributed by atoms with Crippen molar-refractivity contribution in [1.82, 2.24) is 4.57 Å². The van der Waals surface area contributed by atoms with Crippen molar-refractivity contribution in [2.24, 2.45) is 0 Å². The van der Waals surface area contributed by atoms with Gasteiger partial charge in [-0.25, -0.2) is 9.18 Å². The predicted octanol–water partition coefficient (Wildman–Crippen LogP) is 5.45. The molecule has 0 aliphatic rings. The van der Waals surface area contributed by atoms with Crippen molar-refractivity contribution >= 4 is 48.4 Å². The van der Waals surface area contributed by atoms with Gasteiger partial charge in [-0.05, 0) is 71.4 Å². The van der Waals surface area contributed by atoms with Crippen molar-refractivity contribution < 1.29 is 18.7 Å². The molecular formula is C21H28FIN2O4Si. The highest BCUT2D eigenvalue weighted by Crippen LogP contribution is 2.36. The minimum absolute atomic E-state index is 0.0578. The monoisotopic (exact) mass is 546 g/mol. The Hall–Kier alpha value is -1.72. The molecule has 2 aromatic rings. The molecule has 0 saturated carbocycles. The molecule has 2 N–H and O–H groups in total. The Morgan fingerprint density at radius 1 is 1.27 bits per heavy atom. The van der Waals surface area contributed by atoms with Gasteiger partial charge in [-0.15, -0.1) is 0 Å². The van der Waals surface area contributed by atoms with Gasteiger partial charge in [0.05, 0.1) is 5.69 Å². The first-order valence-corrected chi connectivity index (χ1v) is 13.7. The molecule has 0 bridgehead atoms. The summed E-state index contributed by atoms with van der Waals surface area (Å²) in [5.41, 5.74) is -0.353. The number of anilines is 2. The lowest BCUT2D eigenvalue weighted by Crippen LogP contribution is -2.41. The molecule has 0 radical (unpaired) electrons. The number of carboxylic acid groups (broad SMARTS) is 1. The fraction of sp³-hybridized carbons (Fsp3) is 0.429. The van der Waals surface area contributed by atoms with E-state index in [1.165, 1.54) is 28.8 Å². The van der Waals surface area contributed by atoms with E-state index in [1.807, 2.05) is 22.6 Å². The van der Waals surface area contributed by atoms with Crippen molar-refractivity contribution in [3.8, 4) is 0 Å². The largest absolute Gasteiger partial charge is 0.478 e. The van der Waals surface area contributed by atoms with E-state index in [9.17, 15) is 19.1 Å². The first-order chi connectivity index (χ1) is 13.8. The van der Waals surface area contributed by atoms with E-state index in [0.717, 1.165) is 0 Å². The van der Waals surface area contributed by atoms with Crippen LogP contribution in [0.4, 0.5) is 15.9 Å². The molecule has 0 saturated heterocycles. The van der Waals surface area contributed by atoms with E-state index in [-0.39, 0.29) is 34.2 Å². The summed E-state index contributed by atoms with van der Waals surface area (Å²) in [6.45, 7) is 11.5. The Morgan fingerprint density at radius 3 is 2.50 bits per heavy atom. The zero-order valence-electron chi connectivity index (χ0n) is 17.9. The minimum atomic E-state index is -1.92. The van der Waals surface area contributed by atoms with Gasteiger partial charge in [0, 0.05) is 22.8 Å². The van der Waals surface area contributed by atoms with Crippen molar-refractivity contribution in [3.05, 3.63) is 55.6 Å². The summed E-state index contributed by atoms with van der Waals surface area (Å²) in [6.07, 6.45) is 0.527. The van der Waals surface area contributed by atoms with E-state index in [2.05, 4.69) is 39.2 Å². The first-order valence-electron chi connectivity index (χ1n) is 9.66. The molecule has 0 amide bonds. The number of halogens is 2. The standard InChI is InChI=1S/C21H28FIN2O4Si/c1-21(2,3)30(4,5)29-12-6-11-25-18(26)10-8-15(20(27)28)19(25)24-17-9-7-14(23)13-16(17)22/h7-10,13,24H,6,11-12H2,1-5H3,(H,27,28). The van der Waals surface area contributed by atoms with E-state index < -0.39 is 20.1 Å². The normalized spacial score (nSPS) is 12.1. The number of hydrogen-bond acceptors (Lipinski definition) is 4. The summed E-state index contributed by atoms with van der Waals surface area (Å²) >= 11 is 1.99. The Morgan fingerprint density at radius 2 is 1.93 bits per heavy atom. The van der Waals surface area contributed by atoms with Crippen LogP contribution in [0.15, 0.2) is 35.1 Å². The van der Waals surface area contributed by atoms with Crippen molar-refractivity contribution in [2.75, 3.05) is 11.9 Å². The van der Waals surface area contributed by atoms with Gasteiger partial charge in [-0.2, -0.15) is 0 Å². The molecule has 0 atom stereocenters. The van der Waals surface area contributed by atoms with E-state index in [4.69, 9.17) is 4.43 Å². The summed E-state index contributed by atoms with van der Waals surface area (Å²) in [5, 5.41) is 12.5. The lowest BCUT2D eigenvalue weighted by atomic mass is 10.2. The van der Waals surface area contributed by atoms with E-state index >= 15 is 0 Å². The third-order valence-electron chi connectivity index (χ3n) is 5.39. The number of aromatic nitrogens is 1. The number of benzene rings is 1. The smallest absolute Gasteiger partial charge is 0.339 e. The van der Waals surface area contributed by atoms with Crippen LogP contribution in [0.25, 0.3) is 0 Å². The first kappa shape index (κ1) is 24.5. The van der Waals surface area contributed by atoms with Crippen LogP contribution in [-0.2, 0) is 11.0 Å². The predicted molar refractivity (Wildman–Crippen MR) is 128 cm³/mol. The Balaban J connectivity index is 2.29. The van der Waals surface area contributed by atoms with E-state index in [0.29, 0.717) is 16.6 Å². The Bertz CT molecular complexity index is 986. The highest BCUT2D eigenvalue weighted by atomic mass is 127. The van der Waals surface area contributed by atoms with Crippen LogP contribution < -0.4 is 10.9 Å². The number of hydrogen-bond donors (Lipinski definition) is 2.